The lowest BCUT2D eigenvalue weighted by molar-refractivity contribution is -0.120. The summed E-state index contributed by atoms with van der Waals surface area (Å²) in [6.07, 6.45) is 7.14. The summed E-state index contributed by atoms with van der Waals surface area (Å²) in [5.74, 6) is 0.938. The van der Waals surface area contributed by atoms with Gasteiger partial charge in [0.05, 0.1) is 6.54 Å². The Morgan fingerprint density at radius 1 is 1.21 bits per heavy atom. The summed E-state index contributed by atoms with van der Waals surface area (Å²) in [7, 11) is 1.92. The Morgan fingerprint density at radius 2 is 1.94 bits per heavy atom. The van der Waals surface area contributed by atoms with Crippen molar-refractivity contribution in [3.05, 3.63) is 29.8 Å². The van der Waals surface area contributed by atoms with Gasteiger partial charge in [-0.3, -0.25) is 4.79 Å². The summed E-state index contributed by atoms with van der Waals surface area (Å²) < 4.78 is 1.88. The summed E-state index contributed by atoms with van der Waals surface area (Å²) in [4.78, 5) is 20.3. The first-order valence-electron chi connectivity index (χ1n) is 11.9. The number of imidazole rings is 1. The number of rotatable bonds is 6. The Balaban J connectivity index is 1.56. The standard InChI is InChI=1S/C25H36N6OS/c1-17-11-10-12-18(15-17)21-22(28-25(2,3)4)31-23(27-21)33-24(29-31)30(5)16-20(32)26-19-13-8-6-7-9-14-19/h10-12,15,19,28H,6-9,13-14,16H2,1-5H3,(H,26,32). The molecule has 2 aromatic heterocycles. The molecule has 4 rings (SSSR count). The molecule has 1 amide bonds. The van der Waals surface area contributed by atoms with Crippen LogP contribution in [0.15, 0.2) is 24.3 Å². The van der Waals surface area contributed by atoms with Crippen LogP contribution in [-0.4, -0.2) is 45.7 Å². The van der Waals surface area contributed by atoms with Crippen LogP contribution in [0.1, 0.15) is 64.9 Å². The number of aromatic nitrogens is 3. The van der Waals surface area contributed by atoms with Crippen molar-refractivity contribution in [2.75, 3.05) is 23.8 Å². The Bertz CT molecular complexity index is 1100. The number of benzene rings is 1. The Labute approximate surface area is 200 Å². The number of nitrogens with zero attached hydrogens (tertiary/aromatic N) is 4. The predicted molar refractivity (Wildman–Crippen MR) is 137 cm³/mol. The highest BCUT2D eigenvalue weighted by Gasteiger charge is 2.24. The lowest BCUT2D eigenvalue weighted by atomic mass is 10.1. The Kier molecular flexibility index (Phi) is 6.93. The first-order chi connectivity index (χ1) is 15.7. The summed E-state index contributed by atoms with van der Waals surface area (Å²) in [5.41, 5.74) is 3.01. The van der Waals surface area contributed by atoms with E-state index in [1.807, 2.05) is 16.5 Å². The van der Waals surface area contributed by atoms with Gasteiger partial charge in [-0.25, -0.2) is 4.98 Å². The molecule has 33 heavy (non-hydrogen) atoms. The van der Waals surface area contributed by atoms with Crippen LogP contribution in [-0.2, 0) is 4.79 Å². The van der Waals surface area contributed by atoms with Crippen molar-refractivity contribution < 1.29 is 4.79 Å². The van der Waals surface area contributed by atoms with E-state index < -0.39 is 0 Å². The van der Waals surface area contributed by atoms with Crippen LogP contribution in [0.2, 0.25) is 0 Å². The lowest BCUT2D eigenvalue weighted by Gasteiger charge is -2.22. The van der Waals surface area contributed by atoms with E-state index in [4.69, 9.17) is 10.1 Å². The molecule has 1 saturated carbocycles. The van der Waals surface area contributed by atoms with E-state index in [1.165, 1.54) is 42.6 Å². The van der Waals surface area contributed by atoms with Crippen LogP contribution in [0.25, 0.3) is 16.2 Å². The minimum atomic E-state index is -0.150. The van der Waals surface area contributed by atoms with Gasteiger partial charge in [-0.1, -0.05) is 60.8 Å². The van der Waals surface area contributed by atoms with Crippen molar-refractivity contribution in [1.82, 2.24) is 19.9 Å². The molecule has 2 heterocycles. The number of likely N-dealkylation sites (N-methyl/N-ethyl adjacent to an activating group) is 1. The normalized spacial score (nSPS) is 15.4. The molecule has 0 aliphatic heterocycles. The molecule has 1 aliphatic carbocycles. The van der Waals surface area contributed by atoms with Gasteiger partial charge in [-0.15, -0.1) is 5.10 Å². The molecule has 8 heteroatoms. The number of nitrogens with one attached hydrogen (secondary N) is 2. The van der Waals surface area contributed by atoms with Crippen LogP contribution >= 0.6 is 11.3 Å². The molecule has 7 nitrogen and oxygen atoms in total. The van der Waals surface area contributed by atoms with Gasteiger partial charge in [-0.2, -0.15) is 4.52 Å². The molecule has 0 bridgehead atoms. The van der Waals surface area contributed by atoms with Crippen molar-refractivity contribution in [2.24, 2.45) is 0 Å². The number of hydrogen-bond acceptors (Lipinski definition) is 6. The third kappa shape index (κ3) is 5.85. The number of hydrogen-bond donors (Lipinski definition) is 2. The minimum absolute atomic E-state index is 0.0609. The number of aryl methyl sites for hydroxylation is 1. The topological polar surface area (TPSA) is 74.6 Å². The van der Waals surface area contributed by atoms with E-state index in [-0.39, 0.29) is 11.4 Å². The van der Waals surface area contributed by atoms with Gasteiger partial charge in [0.15, 0.2) is 5.82 Å². The van der Waals surface area contributed by atoms with Crippen molar-refractivity contribution >= 4 is 33.2 Å². The second kappa shape index (κ2) is 9.71. The molecule has 0 spiro atoms. The molecule has 1 aromatic carbocycles. The fourth-order valence-corrected chi connectivity index (χ4v) is 5.20. The monoisotopic (exact) mass is 468 g/mol. The molecule has 0 unspecified atom stereocenters. The predicted octanol–water partition coefficient (Wildman–Crippen LogP) is 5.25. The number of amides is 1. The van der Waals surface area contributed by atoms with Crippen LogP contribution in [0.4, 0.5) is 10.9 Å². The third-order valence-corrected chi connectivity index (χ3v) is 6.93. The zero-order valence-corrected chi connectivity index (χ0v) is 21.3. The molecular weight excluding hydrogens is 432 g/mol. The van der Waals surface area contributed by atoms with Gasteiger partial charge >= 0.3 is 0 Å². The second-order valence-electron chi connectivity index (χ2n) is 10.2. The second-order valence-corrected chi connectivity index (χ2v) is 11.2. The van der Waals surface area contributed by atoms with E-state index in [1.54, 1.807) is 0 Å². The van der Waals surface area contributed by atoms with Gasteiger partial charge in [0, 0.05) is 24.2 Å². The average Bonchev–Trinajstić information content (AvgIpc) is 3.17. The molecular formula is C25H36N6OS. The van der Waals surface area contributed by atoms with E-state index in [0.29, 0.717) is 12.6 Å². The maximum absolute atomic E-state index is 12.7. The highest BCUT2D eigenvalue weighted by Crippen LogP contribution is 2.34. The van der Waals surface area contributed by atoms with E-state index in [2.05, 4.69) is 62.6 Å². The van der Waals surface area contributed by atoms with Gasteiger partial charge in [0.25, 0.3) is 0 Å². The lowest BCUT2D eigenvalue weighted by Crippen LogP contribution is -2.41. The summed E-state index contributed by atoms with van der Waals surface area (Å²) in [5, 5.41) is 12.4. The first-order valence-corrected chi connectivity index (χ1v) is 12.8. The van der Waals surface area contributed by atoms with E-state index in [0.717, 1.165) is 40.0 Å². The molecule has 0 atom stereocenters. The van der Waals surface area contributed by atoms with Crippen molar-refractivity contribution in [3.8, 4) is 11.3 Å². The molecule has 1 fully saturated rings. The molecule has 1 aliphatic rings. The SMILES string of the molecule is Cc1cccc(-c2nc3sc(N(C)CC(=O)NC4CCCCCC4)nn3c2NC(C)(C)C)c1. The van der Waals surface area contributed by atoms with Gasteiger partial charge in [0.1, 0.15) is 5.69 Å². The summed E-state index contributed by atoms with van der Waals surface area (Å²) >= 11 is 1.50. The molecule has 0 saturated heterocycles. The van der Waals surface area contributed by atoms with E-state index in [9.17, 15) is 4.79 Å². The highest BCUT2D eigenvalue weighted by atomic mass is 32.1. The third-order valence-electron chi connectivity index (χ3n) is 5.91. The van der Waals surface area contributed by atoms with E-state index >= 15 is 0 Å². The average molecular weight is 469 g/mol. The zero-order chi connectivity index (χ0) is 23.6. The number of carbonyl (C=O) groups excluding carboxylic acids is 1. The van der Waals surface area contributed by atoms with Gasteiger partial charge in [-0.05, 0) is 46.6 Å². The van der Waals surface area contributed by atoms with Crippen molar-refractivity contribution in [3.63, 3.8) is 0 Å². The fourth-order valence-electron chi connectivity index (χ4n) is 4.33. The van der Waals surface area contributed by atoms with Crippen LogP contribution in [0.5, 0.6) is 0 Å². The summed E-state index contributed by atoms with van der Waals surface area (Å²) in [6, 6.07) is 8.67. The Hall–Kier alpha value is -2.61. The highest BCUT2D eigenvalue weighted by molar-refractivity contribution is 7.20. The van der Waals surface area contributed by atoms with Crippen LogP contribution < -0.4 is 15.5 Å². The van der Waals surface area contributed by atoms with Crippen LogP contribution in [0, 0.1) is 6.92 Å². The fraction of sp³-hybridized carbons (Fsp3) is 0.560. The van der Waals surface area contributed by atoms with Crippen molar-refractivity contribution in [2.45, 2.75) is 77.8 Å². The number of carbonyl (C=O) groups is 1. The Morgan fingerprint density at radius 3 is 2.61 bits per heavy atom. The summed E-state index contributed by atoms with van der Waals surface area (Å²) in [6.45, 7) is 8.77. The quantitative estimate of drug-likeness (QED) is 0.483. The van der Waals surface area contributed by atoms with Gasteiger partial charge in [0.2, 0.25) is 16.0 Å². The molecule has 3 aromatic rings. The van der Waals surface area contributed by atoms with Gasteiger partial charge < -0.3 is 15.5 Å². The largest absolute Gasteiger partial charge is 0.364 e. The molecule has 178 valence electrons. The van der Waals surface area contributed by atoms with Crippen molar-refractivity contribution in [1.29, 1.82) is 0 Å². The smallest absolute Gasteiger partial charge is 0.239 e. The minimum Gasteiger partial charge on any atom is -0.364 e. The maximum atomic E-state index is 12.7. The first kappa shape index (κ1) is 23.5. The molecule has 2 N–H and O–H groups in total. The maximum Gasteiger partial charge on any atom is 0.239 e. The molecule has 0 radical (unpaired) electrons. The number of fused-ring (bicyclic) bond motifs is 1. The zero-order valence-electron chi connectivity index (χ0n) is 20.4. The number of anilines is 2. The van der Waals surface area contributed by atoms with Crippen LogP contribution in [0.3, 0.4) is 0 Å².